The van der Waals surface area contributed by atoms with E-state index in [2.05, 4.69) is 5.32 Å². The zero-order valence-electron chi connectivity index (χ0n) is 14.8. The number of halogens is 1. The molecule has 1 N–H and O–H groups in total. The maximum absolute atomic E-state index is 12.9. The minimum Gasteiger partial charge on any atom is -0.451 e. The molecule has 1 amide bonds. The lowest BCUT2D eigenvalue weighted by atomic mass is 9.98. The van der Waals surface area contributed by atoms with Gasteiger partial charge < -0.3 is 9.73 Å². The smallest absolute Gasteiger partial charge is 0.287 e. The summed E-state index contributed by atoms with van der Waals surface area (Å²) in [7, 11) is 0. The summed E-state index contributed by atoms with van der Waals surface area (Å²) in [6, 6.07) is 24.5. The Morgan fingerprint density at radius 2 is 1.50 bits per heavy atom. The second-order valence-corrected chi connectivity index (χ2v) is 6.78. The number of carbonyl (C=O) groups is 1. The molecule has 0 saturated heterocycles. The summed E-state index contributed by atoms with van der Waals surface area (Å²) < 4.78 is 5.66. The van der Waals surface area contributed by atoms with E-state index in [1.807, 2.05) is 42.5 Å². The molecule has 0 aliphatic heterocycles. The van der Waals surface area contributed by atoms with Crippen molar-refractivity contribution in [3.8, 4) is 0 Å². The van der Waals surface area contributed by atoms with Crippen molar-refractivity contribution in [3.05, 3.63) is 117 Å². The minimum atomic E-state index is -0.466. The van der Waals surface area contributed by atoms with Gasteiger partial charge in [-0.2, -0.15) is 0 Å². The van der Waals surface area contributed by atoms with Crippen LogP contribution < -0.4 is 10.7 Å². The number of hydrogen-bond donors (Lipinski definition) is 1. The predicted octanol–water partition coefficient (Wildman–Crippen LogP) is 4.97. The van der Waals surface area contributed by atoms with E-state index in [1.165, 1.54) is 6.07 Å². The summed E-state index contributed by atoms with van der Waals surface area (Å²) in [4.78, 5) is 25.2. The van der Waals surface area contributed by atoms with Crippen LogP contribution in [0.3, 0.4) is 0 Å². The third-order valence-corrected chi connectivity index (χ3v) is 4.72. The van der Waals surface area contributed by atoms with Gasteiger partial charge in [0, 0.05) is 11.1 Å². The van der Waals surface area contributed by atoms with Crippen molar-refractivity contribution in [2.75, 3.05) is 0 Å². The first-order valence-electron chi connectivity index (χ1n) is 8.76. The summed E-state index contributed by atoms with van der Waals surface area (Å²) in [5.74, 6) is -0.495. The molecule has 1 unspecified atom stereocenters. The van der Waals surface area contributed by atoms with Crippen LogP contribution in [-0.2, 0) is 0 Å². The summed E-state index contributed by atoms with van der Waals surface area (Å²) in [6.45, 7) is 0. The third kappa shape index (κ3) is 3.68. The summed E-state index contributed by atoms with van der Waals surface area (Å²) in [5.41, 5.74) is 1.89. The van der Waals surface area contributed by atoms with Gasteiger partial charge >= 0.3 is 0 Å². The Bertz CT molecular complexity index is 1180. The normalized spacial score (nSPS) is 11.9. The van der Waals surface area contributed by atoms with Crippen molar-refractivity contribution in [2.45, 2.75) is 6.04 Å². The molecular formula is C23H16ClNO3. The van der Waals surface area contributed by atoms with Crippen molar-refractivity contribution in [2.24, 2.45) is 0 Å². The number of carbonyl (C=O) groups excluding carboxylic acids is 1. The first-order valence-corrected chi connectivity index (χ1v) is 9.14. The van der Waals surface area contributed by atoms with Crippen LogP contribution in [0.25, 0.3) is 11.0 Å². The number of hydrogen-bond acceptors (Lipinski definition) is 3. The van der Waals surface area contributed by atoms with E-state index in [-0.39, 0.29) is 11.2 Å². The average molecular weight is 390 g/mol. The molecule has 0 fully saturated rings. The minimum absolute atomic E-state index is 0.0291. The second kappa shape index (κ2) is 7.71. The fourth-order valence-corrected chi connectivity index (χ4v) is 3.20. The van der Waals surface area contributed by atoms with Crippen LogP contribution in [0.5, 0.6) is 0 Å². The summed E-state index contributed by atoms with van der Waals surface area (Å²) >= 11 is 6.00. The molecule has 0 radical (unpaired) electrons. The molecule has 1 heterocycles. The Kier molecular flexibility index (Phi) is 4.96. The van der Waals surface area contributed by atoms with E-state index in [4.69, 9.17) is 16.0 Å². The molecule has 5 heteroatoms. The lowest BCUT2D eigenvalue weighted by Gasteiger charge is -2.19. The highest BCUT2D eigenvalue weighted by atomic mass is 35.5. The van der Waals surface area contributed by atoms with Crippen LogP contribution in [-0.4, -0.2) is 5.91 Å². The van der Waals surface area contributed by atoms with E-state index in [0.717, 1.165) is 11.1 Å². The first-order chi connectivity index (χ1) is 13.6. The van der Waals surface area contributed by atoms with E-state index >= 15 is 0 Å². The number of benzene rings is 3. The molecule has 138 valence electrons. The topological polar surface area (TPSA) is 59.3 Å². The number of nitrogens with one attached hydrogen (secondary N) is 1. The molecule has 1 aromatic heterocycles. The Hall–Kier alpha value is -3.37. The first kappa shape index (κ1) is 18.0. The van der Waals surface area contributed by atoms with E-state index < -0.39 is 11.9 Å². The van der Waals surface area contributed by atoms with Gasteiger partial charge in [-0.3, -0.25) is 9.59 Å². The molecule has 4 rings (SSSR count). The van der Waals surface area contributed by atoms with Gasteiger partial charge in [0.1, 0.15) is 5.58 Å². The zero-order valence-corrected chi connectivity index (χ0v) is 15.5. The maximum Gasteiger partial charge on any atom is 0.287 e. The fourth-order valence-electron chi connectivity index (χ4n) is 3.08. The van der Waals surface area contributed by atoms with Crippen LogP contribution in [0.4, 0.5) is 0 Å². The van der Waals surface area contributed by atoms with Gasteiger partial charge in [-0.25, -0.2) is 0 Å². The van der Waals surface area contributed by atoms with Crippen molar-refractivity contribution in [1.29, 1.82) is 0 Å². The molecule has 0 aliphatic rings. The van der Waals surface area contributed by atoms with Crippen LogP contribution in [0.1, 0.15) is 27.7 Å². The number of para-hydroxylation sites is 1. The standard InChI is InChI=1S/C23H16ClNO3/c24-17-12-10-16(11-13-17)22(15-6-2-1-3-7-15)25-23(27)21-14-19(26)18-8-4-5-9-20(18)28-21/h1-14,22H,(H,25,27). The Labute approximate surface area is 166 Å². The highest BCUT2D eigenvalue weighted by molar-refractivity contribution is 6.30. The predicted molar refractivity (Wildman–Crippen MR) is 110 cm³/mol. The number of fused-ring (bicyclic) bond motifs is 1. The largest absolute Gasteiger partial charge is 0.451 e. The van der Waals surface area contributed by atoms with Gasteiger partial charge in [0.25, 0.3) is 5.91 Å². The molecule has 28 heavy (non-hydrogen) atoms. The zero-order chi connectivity index (χ0) is 19.5. The Morgan fingerprint density at radius 3 is 2.25 bits per heavy atom. The molecule has 0 aliphatic carbocycles. The van der Waals surface area contributed by atoms with Gasteiger partial charge in [-0.05, 0) is 35.4 Å². The van der Waals surface area contributed by atoms with Crippen LogP contribution in [0, 0.1) is 0 Å². The van der Waals surface area contributed by atoms with Gasteiger partial charge in [-0.1, -0.05) is 66.2 Å². The number of rotatable bonds is 4. The van der Waals surface area contributed by atoms with Crippen molar-refractivity contribution < 1.29 is 9.21 Å². The molecular weight excluding hydrogens is 374 g/mol. The van der Waals surface area contributed by atoms with Crippen LogP contribution in [0.15, 0.2) is 94.1 Å². The monoisotopic (exact) mass is 389 g/mol. The van der Waals surface area contributed by atoms with Crippen molar-refractivity contribution in [3.63, 3.8) is 0 Å². The quantitative estimate of drug-likeness (QED) is 0.536. The SMILES string of the molecule is O=C(NC(c1ccccc1)c1ccc(Cl)cc1)c1cc(=O)c2ccccc2o1. The number of amides is 1. The summed E-state index contributed by atoms with van der Waals surface area (Å²) in [5, 5.41) is 4.02. The van der Waals surface area contributed by atoms with Crippen molar-refractivity contribution in [1.82, 2.24) is 5.32 Å². The average Bonchev–Trinajstić information content (AvgIpc) is 2.73. The second-order valence-electron chi connectivity index (χ2n) is 6.34. The van der Waals surface area contributed by atoms with Crippen molar-refractivity contribution >= 4 is 28.5 Å². The van der Waals surface area contributed by atoms with Gasteiger partial charge in [0.15, 0.2) is 11.2 Å². The molecule has 1 atom stereocenters. The Balaban J connectivity index is 1.71. The lowest BCUT2D eigenvalue weighted by Crippen LogP contribution is -2.30. The molecule has 4 aromatic rings. The lowest BCUT2D eigenvalue weighted by molar-refractivity contribution is 0.0915. The molecule has 0 spiro atoms. The molecule has 0 saturated carbocycles. The van der Waals surface area contributed by atoms with Crippen LogP contribution in [0.2, 0.25) is 5.02 Å². The van der Waals surface area contributed by atoms with E-state index in [1.54, 1.807) is 36.4 Å². The highest BCUT2D eigenvalue weighted by Gasteiger charge is 2.20. The third-order valence-electron chi connectivity index (χ3n) is 4.47. The van der Waals surface area contributed by atoms with E-state index in [9.17, 15) is 9.59 Å². The van der Waals surface area contributed by atoms with E-state index in [0.29, 0.717) is 16.0 Å². The van der Waals surface area contributed by atoms with Gasteiger partial charge in [0.05, 0.1) is 11.4 Å². The molecule has 4 nitrogen and oxygen atoms in total. The van der Waals surface area contributed by atoms with Crippen LogP contribution >= 0.6 is 11.6 Å². The Morgan fingerprint density at radius 1 is 0.857 bits per heavy atom. The van der Waals surface area contributed by atoms with Gasteiger partial charge in [-0.15, -0.1) is 0 Å². The van der Waals surface area contributed by atoms with Gasteiger partial charge in [0.2, 0.25) is 0 Å². The fraction of sp³-hybridized carbons (Fsp3) is 0.0435. The summed E-state index contributed by atoms with van der Waals surface area (Å²) in [6.07, 6.45) is 0. The highest BCUT2D eigenvalue weighted by Crippen LogP contribution is 2.24. The molecule has 0 bridgehead atoms. The molecule has 3 aromatic carbocycles. The maximum atomic E-state index is 12.9.